The summed E-state index contributed by atoms with van der Waals surface area (Å²) >= 11 is 8.47. The number of thiazole rings is 1. The van der Waals surface area contributed by atoms with Crippen LogP contribution in [0.15, 0.2) is 53.0 Å². The van der Waals surface area contributed by atoms with E-state index in [0.29, 0.717) is 30.0 Å². The molecule has 4 aliphatic rings. The molecule has 0 unspecified atom stereocenters. The fraction of sp³-hybridized carbons (Fsp3) is 0.406. The first-order valence-electron chi connectivity index (χ1n) is 16.3. The van der Waals surface area contributed by atoms with Crippen molar-refractivity contribution in [2.45, 2.75) is 50.3 Å². The van der Waals surface area contributed by atoms with Gasteiger partial charge in [-0.1, -0.05) is 46.6 Å². The predicted octanol–water partition coefficient (Wildman–Crippen LogP) is 0.0732. The third kappa shape index (κ3) is 6.87. The van der Waals surface area contributed by atoms with Crippen LogP contribution in [0.3, 0.4) is 0 Å². The molecule has 6 heterocycles. The van der Waals surface area contributed by atoms with Crippen molar-refractivity contribution in [3.63, 3.8) is 0 Å². The predicted molar refractivity (Wildman–Crippen MR) is 187 cm³/mol. The van der Waals surface area contributed by atoms with E-state index in [4.69, 9.17) is 22.2 Å². The van der Waals surface area contributed by atoms with E-state index in [1.165, 1.54) is 30.2 Å². The summed E-state index contributed by atoms with van der Waals surface area (Å²) < 4.78 is 4.13. The maximum Gasteiger partial charge on any atom is 0.276 e. The number of nitrogen functional groups attached to an aromatic ring is 1. The van der Waals surface area contributed by atoms with Crippen molar-refractivity contribution >= 4 is 75.1 Å². The van der Waals surface area contributed by atoms with Gasteiger partial charge in [0.1, 0.15) is 28.6 Å². The molecule has 4 aliphatic heterocycles. The normalized spacial score (nSPS) is 20.5. The number of aromatic nitrogens is 3. The lowest BCUT2D eigenvalue weighted by atomic mass is 10.0. The summed E-state index contributed by atoms with van der Waals surface area (Å²) in [6, 6.07) is 8.58. The van der Waals surface area contributed by atoms with Gasteiger partial charge in [-0.15, -0.1) is 21.1 Å². The van der Waals surface area contributed by atoms with Crippen LogP contribution in [-0.4, -0.2) is 92.9 Å². The molecule has 0 radical (unpaired) electrons. The minimum absolute atomic E-state index is 0.0110. The number of fused-ring (bicyclic) bond motifs is 2. The van der Waals surface area contributed by atoms with Crippen LogP contribution in [0.2, 0.25) is 4.34 Å². The number of halogens is 1. The number of nitrogens with zero attached hydrogens (tertiary/aromatic N) is 7. The van der Waals surface area contributed by atoms with Crippen LogP contribution in [0.25, 0.3) is 0 Å². The van der Waals surface area contributed by atoms with E-state index >= 15 is 0 Å². The third-order valence-electron chi connectivity index (χ3n) is 9.19. The number of carboxylic acids is 1. The molecule has 51 heavy (non-hydrogen) atoms. The van der Waals surface area contributed by atoms with Gasteiger partial charge in [-0.3, -0.25) is 24.7 Å². The molecule has 2 aromatic heterocycles. The molecule has 2 atom stereocenters. The fourth-order valence-corrected chi connectivity index (χ4v) is 9.00. The lowest BCUT2D eigenvalue weighted by molar-refractivity contribution is -0.766. The molecule has 0 bridgehead atoms. The molecule has 16 nitrogen and oxygen atoms in total. The van der Waals surface area contributed by atoms with Crippen molar-refractivity contribution in [2.75, 3.05) is 43.1 Å². The molecule has 19 heteroatoms. The number of thioether (sulfide) groups is 1. The number of hydrogen-bond acceptors (Lipinski definition) is 13. The summed E-state index contributed by atoms with van der Waals surface area (Å²) in [5.74, 6) is -1.67. The zero-order valence-electron chi connectivity index (χ0n) is 27.5. The Morgan fingerprint density at radius 1 is 1.14 bits per heavy atom. The van der Waals surface area contributed by atoms with E-state index in [-0.39, 0.29) is 39.0 Å². The minimum atomic E-state index is -1.47. The topological polar surface area (TPSA) is 194 Å². The maximum absolute atomic E-state index is 13.3. The first-order valence-corrected chi connectivity index (χ1v) is 18.6. The largest absolute Gasteiger partial charge is 0.543 e. The number of hydrazine groups is 1. The Morgan fingerprint density at radius 2 is 1.90 bits per heavy atom. The summed E-state index contributed by atoms with van der Waals surface area (Å²) in [4.78, 5) is 63.9. The van der Waals surface area contributed by atoms with Crippen molar-refractivity contribution in [3.05, 3.63) is 69.0 Å². The Bertz CT molecular complexity index is 1940. The molecular formula is C32H35ClN10O6S2. The Labute approximate surface area is 305 Å². The van der Waals surface area contributed by atoms with Crippen LogP contribution >= 0.6 is 34.7 Å². The number of nitrogens with one attached hydrogen (secondary N) is 2. The molecule has 4 N–H and O–H groups in total. The quantitative estimate of drug-likeness (QED) is 0.104. The van der Waals surface area contributed by atoms with Gasteiger partial charge in [-0.2, -0.15) is 0 Å². The molecule has 1 aromatic carbocycles. The monoisotopic (exact) mass is 754 g/mol. The number of benzene rings is 1. The Morgan fingerprint density at radius 3 is 2.59 bits per heavy atom. The average molecular weight is 755 g/mol. The summed E-state index contributed by atoms with van der Waals surface area (Å²) in [7, 11) is 1.25. The number of aliphatic carboxylic acids is 1. The van der Waals surface area contributed by atoms with Crippen LogP contribution < -0.4 is 31.2 Å². The lowest BCUT2D eigenvalue weighted by Gasteiger charge is -2.50. The Hall–Kier alpha value is -4.65. The third-order valence-corrected chi connectivity index (χ3v) is 11.6. The minimum Gasteiger partial charge on any atom is -0.543 e. The van der Waals surface area contributed by atoms with E-state index < -0.39 is 29.2 Å². The smallest absolute Gasteiger partial charge is 0.276 e. The number of oxime groups is 1. The SMILES string of the molecule is CO/N=C(\C(=O)N[C@@H]1C(=O)N2C(C(=O)[O-])=C(C[n+]3ccc4n3CCN4Cc3ccc(C(=O)NN4CCCCC4)cc3)CS[C@H]12)c1nc(N)sc1Cl. The number of carbonyl (C=O) groups excluding carboxylic acids is 4. The van der Waals surface area contributed by atoms with Crippen LogP contribution in [-0.2, 0) is 38.9 Å². The van der Waals surface area contributed by atoms with Crippen molar-refractivity contribution in [2.24, 2.45) is 5.16 Å². The number of carboxylic acid groups (broad SMARTS) is 1. The zero-order chi connectivity index (χ0) is 35.8. The lowest BCUT2D eigenvalue weighted by Crippen LogP contribution is -2.71. The van der Waals surface area contributed by atoms with Gasteiger partial charge in [0, 0.05) is 43.1 Å². The van der Waals surface area contributed by atoms with Gasteiger partial charge in [0.05, 0.1) is 24.3 Å². The van der Waals surface area contributed by atoms with E-state index in [2.05, 4.69) is 30.5 Å². The first kappa shape index (κ1) is 34.8. The molecule has 2 saturated heterocycles. The van der Waals surface area contributed by atoms with Gasteiger partial charge >= 0.3 is 0 Å². The maximum atomic E-state index is 13.3. The molecule has 0 spiro atoms. The summed E-state index contributed by atoms with van der Waals surface area (Å²) in [6.45, 7) is 4.03. The second-order valence-electron chi connectivity index (χ2n) is 12.4. The second-order valence-corrected chi connectivity index (χ2v) is 15.1. The average Bonchev–Trinajstić information content (AvgIpc) is 3.81. The summed E-state index contributed by atoms with van der Waals surface area (Å²) in [6.07, 6.45) is 5.25. The highest BCUT2D eigenvalue weighted by atomic mass is 35.5. The highest BCUT2D eigenvalue weighted by Gasteiger charge is 2.53. The molecule has 7 rings (SSSR count). The van der Waals surface area contributed by atoms with Crippen LogP contribution in [0, 0.1) is 0 Å². The highest BCUT2D eigenvalue weighted by molar-refractivity contribution is 8.00. The second kappa shape index (κ2) is 14.5. The Kier molecular flexibility index (Phi) is 9.91. The number of piperidine rings is 1. The van der Waals surface area contributed by atoms with Crippen molar-refractivity contribution < 1.29 is 33.8 Å². The fourth-order valence-electron chi connectivity index (χ4n) is 6.73. The molecular weight excluding hydrogens is 720 g/mol. The van der Waals surface area contributed by atoms with Gasteiger partial charge < -0.3 is 30.7 Å². The molecule has 0 aliphatic carbocycles. The number of amides is 3. The van der Waals surface area contributed by atoms with E-state index in [0.717, 1.165) is 55.2 Å². The number of nitrogens with two attached hydrogens (primary N) is 1. The van der Waals surface area contributed by atoms with Gasteiger partial charge in [0.25, 0.3) is 17.7 Å². The number of rotatable bonds is 11. The summed E-state index contributed by atoms with van der Waals surface area (Å²) in [5, 5.41) is 20.2. The van der Waals surface area contributed by atoms with Crippen molar-refractivity contribution in [1.82, 2.24) is 30.3 Å². The molecule has 2 fully saturated rings. The Balaban J connectivity index is 1.00. The van der Waals surface area contributed by atoms with E-state index in [1.54, 1.807) is 0 Å². The van der Waals surface area contributed by atoms with Crippen molar-refractivity contribution in [3.8, 4) is 0 Å². The molecule has 0 saturated carbocycles. The van der Waals surface area contributed by atoms with Crippen LogP contribution in [0.5, 0.6) is 0 Å². The van der Waals surface area contributed by atoms with Gasteiger partial charge in [-0.25, -0.2) is 9.99 Å². The zero-order valence-corrected chi connectivity index (χ0v) is 29.9. The van der Waals surface area contributed by atoms with Crippen LogP contribution in [0.1, 0.15) is 40.9 Å². The first-order chi connectivity index (χ1) is 24.6. The van der Waals surface area contributed by atoms with Gasteiger partial charge in [-0.05, 0) is 30.5 Å². The molecule has 268 valence electrons. The van der Waals surface area contributed by atoms with Gasteiger partial charge in [0.15, 0.2) is 29.4 Å². The van der Waals surface area contributed by atoms with E-state index in [9.17, 15) is 24.3 Å². The van der Waals surface area contributed by atoms with Crippen molar-refractivity contribution in [1.29, 1.82) is 0 Å². The number of hydrogen-bond donors (Lipinski definition) is 3. The number of carbonyl (C=O) groups is 4. The van der Waals surface area contributed by atoms with Gasteiger partial charge in [0.2, 0.25) is 0 Å². The molecule has 3 aromatic rings. The summed E-state index contributed by atoms with van der Waals surface area (Å²) in [5.41, 5.74) is 10.5. The number of anilines is 2. The van der Waals surface area contributed by atoms with Crippen LogP contribution in [0.4, 0.5) is 10.9 Å². The number of β-lactam (4-membered cyclic amide) rings is 1. The molecule has 3 amide bonds. The standard InChI is InChI=1S/C32H35ClN10O6S2/c1-49-38-23(22-26(33)51-32(34)36-22)28(45)35-24-29(46)43-25(31(47)48)20(17-50-30(24)43)16-41-12-9-21-39(13-14-42(21)41)15-18-5-7-19(8-6-18)27(44)37-40-10-3-2-4-11-40/h5-9,12,24,30H,2-4,10-11,13-17H2,1H3,(H4-,34,35,36,37,44,45,47,48)/b38-23-/t24-,30-/m1/s1. The van der Waals surface area contributed by atoms with E-state index in [1.807, 2.05) is 46.2 Å². The highest BCUT2D eigenvalue weighted by Crippen LogP contribution is 2.40.